The fourth-order valence-corrected chi connectivity index (χ4v) is 4.06. The molecule has 1 saturated heterocycles. The van der Waals surface area contributed by atoms with E-state index in [-0.39, 0.29) is 27.7 Å². The van der Waals surface area contributed by atoms with E-state index in [1.807, 2.05) is 30.3 Å². The zero-order valence-electron chi connectivity index (χ0n) is 17.9. The minimum atomic E-state index is -0.725. The summed E-state index contributed by atoms with van der Waals surface area (Å²) in [5.74, 6) is -1.02. The molecule has 1 aliphatic rings. The van der Waals surface area contributed by atoms with Gasteiger partial charge in [-0.25, -0.2) is 0 Å². The fraction of sp³-hybridized carbons (Fsp3) is 0.333. The highest BCUT2D eigenvalue weighted by Gasteiger charge is 2.46. The molecule has 1 unspecified atom stereocenters. The molecule has 2 aromatic carbocycles. The van der Waals surface area contributed by atoms with Crippen LogP contribution in [0, 0.1) is 0 Å². The highest BCUT2D eigenvalue weighted by molar-refractivity contribution is 6.46. The standard InChI is InChI=1S/C24H26ClNO5/c1-4-5-9-12-26-21(15-10-7-6-8-11-15)20(23(28)24(26)29)22(27)16-13-17(25)19(31-3)14-18(16)30-2/h6-8,10-11,13-14,21,27H,4-5,9,12H2,1-3H3/b22-20+. The van der Waals surface area contributed by atoms with Crippen LogP contribution >= 0.6 is 11.6 Å². The Bertz CT molecular complexity index is 1000. The molecule has 7 heteroatoms. The van der Waals surface area contributed by atoms with Crippen LogP contribution in [0.1, 0.15) is 43.4 Å². The number of carbonyl (C=O) groups excluding carboxylic acids is 2. The van der Waals surface area contributed by atoms with Gasteiger partial charge >= 0.3 is 0 Å². The zero-order chi connectivity index (χ0) is 22.5. The summed E-state index contributed by atoms with van der Waals surface area (Å²) in [6.07, 6.45) is 2.69. The maximum Gasteiger partial charge on any atom is 0.295 e. The number of hydrogen-bond donors (Lipinski definition) is 1. The summed E-state index contributed by atoms with van der Waals surface area (Å²) in [6, 6.07) is 11.5. The lowest BCUT2D eigenvalue weighted by molar-refractivity contribution is -0.139. The van der Waals surface area contributed by atoms with Crippen LogP contribution in [0.4, 0.5) is 0 Å². The Hall–Kier alpha value is -2.99. The molecule has 1 atom stereocenters. The maximum atomic E-state index is 13.0. The number of aliphatic hydroxyl groups excluding tert-OH is 1. The van der Waals surface area contributed by atoms with Gasteiger partial charge in [-0.15, -0.1) is 0 Å². The molecule has 0 saturated carbocycles. The maximum absolute atomic E-state index is 13.0. The van der Waals surface area contributed by atoms with Gasteiger partial charge in [0.15, 0.2) is 0 Å². The predicted octanol–water partition coefficient (Wildman–Crippen LogP) is 4.97. The van der Waals surface area contributed by atoms with Gasteiger partial charge in [0.05, 0.1) is 36.4 Å². The van der Waals surface area contributed by atoms with Crippen LogP contribution in [0.5, 0.6) is 11.5 Å². The second kappa shape index (κ2) is 9.88. The first kappa shape index (κ1) is 22.7. The molecule has 1 aliphatic heterocycles. The van der Waals surface area contributed by atoms with Crippen molar-refractivity contribution in [3.63, 3.8) is 0 Å². The van der Waals surface area contributed by atoms with Gasteiger partial charge in [0, 0.05) is 12.6 Å². The molecule has 6 nitrogen and oxygen atoms in total. The van der Waals surface area contributed by atoms with Gasteiger partial charge in [0.1, 0.15) is 17.3 Å². The number of ether oxygens (including phenoxy) is 2. The minimum Gasteiger partial charge on any atom is -0.507 e. The van der Waals surface area contributed by atoms with E-state index >= 15 is 0 Å². The lowest BCUT2D eigenvalue weighted by Crippen LogP contribution is -2.30. The summed E-state index contributed by atoms with van der Waals surface area (Å²) < 4.78 is 10.6. The molecule has 0 radical (unpaired) electrons. The molecular formula is C24H26ClNO5. The molecule has 164 valence electrons. The molecule has 0 spiro atoms. The molecule has 1 amide bonds. The molecule has 31 heavy (non-hydrogen) atoms. The number of benzene rings is 2. The molecule has 1 heterocycles. The molecule has 1 N–H and O–H groups in total. The largest absolute Gasteiger partial charge is 0.507 e. The number of nitrogens with zero attached hydrogens (tertiary/aromatic N) is 1. The van der Waals surface area contributed by atoms with Crippen LogP contribution in [0.2, 0.25) is 5.02 Å². The van der Waals surface area contributed by atoms with Crippen LogP contribution in [0.3, 0.4) is 0 Å². The van der Waals surface area contributed by atoms with E-state index in [1.165, 1.54) is 31.3 Å². The number of rotatable bonds is 8. The van der Waals surface area contributed by atoms with Crippen LogP contribution in [-0.4, -0.2) is 42.5 Å². The number of likely N-dealkylation sites (tertiary alicyclic amines) is 1. The van der Waals surface area contributed by atoms with Crippen molar-refractivity contribution in [3.8, 4) is 11.5 Å². The van der Waals surface area contributed by atoms with Crippen LogP contribution in [0.25, 0.3) is 5.76 Å². The van der Waals surface area contributed by atoms with E-state index in [9.17, 15) is 14.7 Å². The Morgan fingerprint density at radius 2 is 1.74 bits per heavy atom. The third kappa shape index (κ3) is 4.39. The van der Waals surface area contributed by atoms with E-state index in [0.29, 0.717) is 12.3 Å². The molecule has 0 aromatic heterocycles. The fourth-order valence-electron chi connectivity index (χ4n) is 3.81. The van der Waals surface area contributed by atoms with Crippen LogP contribution < -0.4 is 9.47 Å². The quantitative estimate of drug-likeness (QED) is 0.270. The summed E-state index contributed by atoms with van der Waals surface area (Å²) in [6.45, 7) is 2.50. The summed E-state index contributed by atoms with van der Waals surface area (Å²) in [4.78, 5) is 27.5. The van der Waals surface area contributed by atoms with Gasteiger partial charge in [-0.1, -0.05) is 61.7 Å². The zero-order valence-corrected chi connectivity index (χ0v) is 18.6. The van der Waals surface area contributed by atoms with Gasteiger partial charge in [-0.05, 0) is 18.1 Å². The number of methoxy groups -OCH3 is 2. The minimum absolute atomic E-state index is 0.0206. The van der Waals surface area contributed by atoms with Crippen molar-refractivity contribution < 1.29 is 24.2 Å². The number of carbonyl (C=O) groups is 2. The van der Waals surface area contributed by atoms with E-state index in [2.05, 4.69) is 6.92 Å². The molecule has 1 fully saturated rings. The number of hydrogen-bond acceptors (Lipinski definition) is 5. The third-order valence-electron chi connectivity index (χ3n) is 5.39. The summed E-state index contributed by atoms with van der Waals surface area (Å²) in [7, 11) is 2.91. The number of unbranched alkanes of at least 4 members (excludes halogenated alkanes) is 2. The van der Waals surface area contributed by atoms with Crippen molar-refractivity contribution in [2.24, 2.45) is 0 Å². The third-order valence-corrected chi connectivity index (χ3v) is 5.68. The Morgan fingerprint density at radius 3 is 2.35 bits per heavy atom. The second-order valence-corrected chi connectivity index (χ2v) is 7.70. The Morgan fingerprint density at radius 1 is 1.06 bits per heavy atom. The smallest absolute Gasteiger partial charge is 0.295 e. The normalized spacial score (nSPS) is 17.8. The lowest BCUT2D eigenvalue weighted by atomic mass is 9.95. The molecule has 2 aromatic rings. The first-order valence-corrected chi connectivity index (χ1v) is 10.6. The van der Waals surface area contributed by atoms with Gasteiger partial charge in [0.25, 0.3) is 11.7 Å². The molecule has 0 aliphatic carbocycles. The summed E-state index contributed by atoms with van der Waals surface area (Å²) >= 11 is 6.26. The predicted molar refractivity (Wildman–Crippen MR) is 120 cm³/mol. The van der Waals surface area contributed by atoms with Crippen molar-refractivity contribution in [1.82, 2.24) is 4.90 Å². The van der Waals surface area contributed by atoms with E-state index in [4.69, 9.17) is 21.1 Å². The van der Waals surface area contributed by atoms with Crippen molar-refractivity contribution >= 4 is 29.1 Å². The second-order valence-electron chi connectivity index (χ2n) is 7.30. The number of Topliss-reactive ketones (excluding diaryl/α,β-unsaturated/α-hetero) is 1. The SMILES string of the molecule is CCCCCN1C(=O)C(=O)/C(=C(/O)c2cc(Cl)c(OC)cc2OC)C1c1ccccc1. The Balaban J connectivity index is 2.18. The van der Waals surface area contributed by atoms with Gasteiger partial charge in [-0.3, -0.25) is 9.59 Å². The first-order valence-electron chi connectivity index (χ1n) is 10.2. The highest BCUT2D eigenvalue weighted by Crippen LogP contribution is 2.43. The monoisotopic (exact) mass is 443 g/mol. The highest BCUT2D eigenvalue weighted by atomic mass is 35.5. The topological polar surface area (TPSA) is 76.1 Å². The Labute approximate surface area is 187 Å². The van der Waals surface area contributed by atoms with Crippen molar-refractivity contribution in [1.29, 1.82) is 0 Å². The van der Waals surface area contributed by atoms with Crippen LogP contribution in [0.15, 0.2) is 48.0 Å². The lowest BCUT2D eigenvalue weighted by Gasteiger charge is -2.25. The van der Waals surface area contributed by atoms with Gasteiger partial charge in [-0.2, -0.15) is 0 Å². The first-order chi connectivity index (χ1) is 14.9. The molecule has 0 bridgehead atoms. The van der Waals surface area contributed by atoms with Crippen LogP contribution in [-0.2, 0) is 9.59 Å². The summed E-state index contributed by atoms with van der Waals surface area (Å²) in [5, 5.41) is 11.5. The number of ketones is 1. The molecular weight excluding hydrogens is 418 g/mol. The van der Waals surface area contributed by atoms with Crippen molar-refractivity contribution in [2.75, 3.05) is 20.8 Å². The number of halogens is 1. The van der Waals surface area contributed by atoms with E-state index in [1.54, 1.807) is 0 Å². The molecule has 3 rings (SSSR count). The average Bonchev–Trinajstić information content (AvgIpc) is 3.04. The Kier molecular flexibility index (Phi) is 7.23. The van der Waals surface area contributed by atoms with Crippen molar-refractivity contribution in [2.45, 2.75) is 32.2 Å². The van der Waals surface area contributed by atoms with Gasteiger partial charge < -0.3 is 19.5 Å². The number of aliphatic hydroxyl groups is 1. The van der Waals surface area contributed by atoms with E-state index < -0.39 is 17.7 Å². The number of amides is 1. The average molecular weight is 444 g/mol. The van der Waals surface area contributed by atoms with Gasteiger partial charge in [0.2, 0.25) is 0 Å². The summed E-state index contributed by atoms with van der Waals surface area (Å²) in [5.41, 5.74) is 0.992. The van der Waals surface area contributed by atoms with E-state index in [0.717, 1.165) is 24.8 Å². The van der Waals surface area contributed by atoms with Crippen molar-refractivity contribution in [3.05, 3.63) is 64.2 Å².